The van der Waals surface area contributed by atoms with Gasteiger partial charge in [-0.2, -0.15) is 5.26 Å². The van der Waals surface area contributed by atoms with Crippen molar-refractivity contribution < 1.29 is 9.15 Å². The van der Waals surface area contributed by atoms with Gasteiger partial charge in [0.05, 0.1) is 50.4 Å². The van der Waals surface area contributed by atoms with E-state index in [1.165, 1.54) is 54.9 Å². The predicted octanol–water partition coefficient (Wildman–Crippen LogP) is 27.9. The van der Waals surface area contributed by atoms with Gasteiger partial charge in [0.2, 0.25) is 0 Å². The third kappa shape index (κ3) is 11.7. The number of fused-ring (bicyclic) bond motifs is 16. The molecule has 2 aliphatic rings. The van der Waals surface area contributed by atoms with Crippen LogP contribution in [0.2, 0.25) is 0 Å². The molecule has 0 spiro atoms. The maximum atomic E-state index is 10.3. The normalized spacial score (nSPS) is 13.4. The van der Waals surface area contributed by atoms with Gasteiger partial charge in [-0.15, -0.1) is 0 Å². The van der Waals surface area contributed by atoms with Gasteiger partial charge in [0, 0.05) is 88.7 Å². The topological polar surface area (TPSA) is 64.2 Å². The third-order valence-electron chi connectivity index (χ3n) is 25.4. The van der Waals surface area contributed by atoms with E-state index in [0.717, 1.165) is 161 Å². The lowest BCUT2D eigenvalue weighted by Gasteiger charge is -2.42. The lowest BCUT2D eigenvalue weighted by Crippen LogP contribution is -2.59. The number of anilines is 3. The molecule has 20 rings (SSSR count). The Morgan fingerprint density at radius 2 is 0.769 bits per heavy atom. The summed E-state index contributed by atoms with van der Waals surface area (Å²) in [6.07, 6.45) is 0. The van der Waals surface area contributed by atoms with E-state index >= 15 is 0 Å². The van der Waals surface area contributed by atoms with Crippen molar-refractivity contribution in [3.8, 4) is 68.0 Å². The number of rotatable bonds is 7. The second-order valence-corrected chi connectivity index (χ2v) is 39.3. The first-order valence-corrected chi connectivity index (χ1v) is 41.6. The molecule has 0 atom stereocenters. The quantitative estimate of drug-likeness (QED) is 0.149. The van der Waals surface area contributed by atoms with E-state index in [4.69, 9.17) is 9.15 Å². The van der Waals surface area contributed by atoms with E-state index in [9.17, 15) is 5.26 Å². The highest BCUT2D eigenvalue weighted by atomic mass is 16.5. The Labute approximate surface area is 687 Å². The molecule has 7 nitrogen and oxygen atoms in total. The maximum absolute atomic E-state index is 10.3. The Bertz CT molecular complexity index is 7220. The molecule has 574 valence electrons. The number of aromatic nitrogens is 3. The van der Waals surface area contributed by atoms with Crippen molar-refractivity contribution in [1.82, 2.24) is 13.7 Å². The molecule has 8 heteroatoms. The highest BCUT2D eigenvalue weighted by Crippen LogP contribution is 2.56. The van der Waals surface area contributed by atoms with Crippen molar-refractivity contribution in [2.45, 2.75) is 157 Å². The molecule has 14 aromatic carbocycles. The Morgan fingerprint density at radius 1 is 0.299 bits per heavy atom. The first-order chi connectivity index (χ1) is 55.7. The average molecular weight is 1520 g/mol. The summed E-state index contributed by atoms with van der Waals surface area (Å²) in [6, 6.07) is 104. The molecule has 0 aliphatic carbocycles. The van der Waals surface area contributed by atoms with Crippen LogP contribution in [0.3, 0.4) is 0 Å². The lowest BCUT2D eigenvalue weighted by atomic mass is 9.34. The molecule has 0 saturated carbocycles. The number of furan rings is 1. The fourth-order valence-electron chi connectivity index (χ4n) is 19.0. The van der Waals surface area contributed by atoms with Crippen molar-refractivity contribution in [3.05, 3.63) is 306 Å². The predicted molar refractivity (Wildman–Crippen MR) is 496 cm³/mol. The van der Waals surface area contributed by atoms with Gasteiger partial charge in [-0.3, -0.25) is 0 Å². The van der Waals surface area contributed by atoms with Crippen molar-refractivity contribution in [1.29, 1.82) is 5.26 Å². The summed E-state index contributed by atoms with van der Waals surface area (Å²) in [7, 11) is 0. The van der Waals surface area contributed by atoms with E-state index in [1.807, 2.05) is 12.1 Å². The van der Waals surface area contributed by atoms with Gasteiger partial charge in [0.25, 0.3) is 6.71 Å². The summed E-state index contributed by atoms with van der Waals surface area (Å²) in [5.74, 6) is 1.58. The molecule has 4 aromatic heterocycles. The number of nitrogens with zero attached hydrogens (tertiary/aromatic N) is 5. The van der Waals surface area contributed by atoms with E-state index in [1.54, 1.807) is 0 Å². The minimum atomic E-state index is -0.352. The van der Waals surface area contributed by atoms with Gasteiger partial charge in [-0.25, -0.2) is 0 Å². The van der Waals surface area contributed by atoms with Gasteiger partial charge in [0.1, 0.15) is 22.7 Å². The van der Waals surface area contributed by atoms with Crippen molar-refractivity contribution >= 4 is 128 Å². The van der Waals surface area contributed by atoms with E-state index in [2.05, 4.69) is 404 Å². The van der Waals surface area contributed by atoms with Crippen molar-refractivity contribution in [2.75, 3.05) is 4.90 Å². The number of benzene rings is 14. The zero-order chi connectivity index (χ0) is 81.2. The Hall–Kier alpha value is -12.6. The zero-order valence-corrected chi connectivity index (χ0v) is 70.5. The van der Waals surface area contributed by atoms with Gasteiger partial charge in [-0.1, -0.05) is 258 Å². The monoisotopic (exact) mass is 1520 g/mol. The van der Waals surface area contributed by atoms with Crippen LogP contribution in [0.5, 0.6) is 11.5 Å². The fraction of sp³-hybridized carbons (Fsp3) is 0.220. The van der Waals surface area contributed by atoms with Gasteiger partial charge >= 0.3 is 0 Å². The first-order valence-electron chi connectivity index (χ1n) is 41.6. The van der Waals surface area contributed by atoms with E-state index in [-0.39, 0.29) is 39.2 Å². The Kier molecular flexibility index (Phi) is 16.1. The van der Waals surface area contributed by atoms with Gasteiger partial charge in [0.15, 0.2) is 0 Å². The molecule has 0 saturated heterocycles. The molecule has 117 heavy (non-hydrogen) atoms. The summed E-state index contributed by atoms with van der Waals surface area (Å²) < 4.78 is 22.4. The average Bonchev–Trinajstić information content (AvgIpc) is 1.20. The molecule has 2 aliphatic heterocycles. The highest BCUT2D eigenvalue weighted by Gasteiger charge is 2.45. The molecular formula is C109H98BN5O2. The molecule has 6 heterocycles. The molecule has 0 radical (unpaired) electrons. The number of para-hydroxylation sites is 3. The maximum Gasteiger partial charge on any atom is 0.256 e. The van der Waals surface area contributed by atoms with Crippen LogP contribution in [0.15, 0.2) is 271 Å². The Balaban J connectivity index is 0.969. The van der Waals surface area contributed by atoms with Crippen LogP contribution >= 0.6 is 0 Å². The summed E-state index contributed by atoms with van der Waals surface area (Å²) in [5, 5.41) is 19.3. The van der Waals surface area contributed by atoms with Gasteiger partial charge in [-0.05, 0) is 232 Å². The van der Waals surface area contributed by atoms with Crippen LogP contribution < -0.4 is 26.0 Å². The molecule has 0 N–H and O–H groups in total. The first kappa shape index (κ1) is 73.3. The summed E-state index contributed by atoms with van der Waals surface area (Å²) >= 11 is 0. The van der Waals surface area contributed by atoms with Crippen LogP contribution in [-0.4, -0.2) is 20.4 Å². The van der Waals surface area contributed by atoms with Crippen LogP contribution in [0, 0.1) is 11.3 Å². The smallest absolute Gasteiger partial charge is 0.256 e. The number of ether oxygens (including phenoxy) is 1. The van der Waals surface area contributed by atoms with Crippen LogP contribution in [0.1, 0.15) is 164 Å². The second kappa shape index (κ2) is 25.7. The summed E-state index contributed by atoms with van der Waals surface area (Å²) in [5.41, 5.74) is 31.5. The van der Waals surface area contributed by atoms with Gasteiger partial charge < -0.3 is 27.8 Å². The van der Waals surface area contributed by atoms with Crippen molar-refractivity contribution in [3.63, 3.8) is 0 Å². The molecule has 0 unspecified atom stereocenters. The Morgan fingerprint density at radius 3 is 1.39 bits per heavy atom. The molecule has 0 fully saturated rings. The number of nitriles is 1. The standard InChI is InChI=1S/C109H98BN5O2/c1-104(2,3)67-28-25-29-73(56-67)114-89-36-23-20-31-79(89)100-77(33-26-37-93(100)114)84-59-72(109(16,17)18)60-85(78-34-27-39-97-101(78)80-32-21-24-38-96(80)116-97)103(84)115-94-61-74(112-91-48-41-68(105(4,5)6)57-82(91)83-58-69(106(7,8)9)42-49-92(83)112)43-45-86(94)110-87-46-44-75(113-88-35-22-19-30-76(88)81-50-64(63-111)40-47-90(81)113)62-98(87)117-99-54-66(53-95(115)102(99)110)65-51-70(107(10,11)12)55-71(52-65)108(13,14)15/h19-62H,1-18H3. The summed E-state index contributed by atoms with van der Waals surface area (Å²) in [6.45, 7) is 41.7. The SMILES string of the molecule is CC(C)(C)c1cccc(-n2c3ccccc3c3c(-c4cc(C(C)(C)C)cc(-c5cccc6oc7ccccc7c56)c4N4c5cc(-n6c7ccc(C(C)(C)C)cc7c7cc(C(C)(C)C)ccc76)ccc5B5c6ccc(-n7c8ccccc8c8cc(C#N)ccc87)cc6Oc6cc(-c7cc(C(C)(C)C)cc(C(C)(C)C)c7)cc4c65)cccc32)c1. The fourth-order valence-corrected chi connectivity index (χ4v) is 19.0. The van der Waals surface area contributed by atoms with Crippen LogP contribution in [0.4, 0.5) is 17.1 Å². The summed E-state index contributed by atoms with van der Waals surface area (Å²) in [4.78, 5) is 2.71. The number of hydrogen-bond acceptors (Lipinski definition) is 4. The van der Waals surface area contributed by atoms with E-state index < -0.39 is 0 Å². The van der Waals surface area contributed by atoms with Crippen molar-refractivity contribution in [2.24, 2.45) is 0 Å². The lowest BCUT2D eigenvalue weighted by molar-refractivity contribution is 0.487. The highest BCUT2D eigenvalue weighted by molar-refractivity contribution is 6.99. The molecule has 18 aromatic rings. The number of hydrogen-bond donors (Lipinski definition) is 0. The molecule has 0 bridgehead atoms. The minimum absolute atomic E-state index is 0.0897. The van der Waals surface area contributed by atoms with Crippen LogP contribution in [0.25, 0.3) is 138 Å². The largest absolute Gasteiger partial charge is 0.458 e. The minimum Gasteiger partial charge on any atom is -0.458 e. The molecule has 0 amide bonds. The van der Waals surface area contributed by atoms with Crippen LogP contribution in [-0.2, 0) is 32.5 Å². The van der Waals surface area contributed by atoms with E-state index in [0.29, 0.717) is 5.56 Å². The second-order valence-electron chi connectivity index (χ2n) is 39.3. The third-order valence-corrected chi connectivity index (χ3v) is 25.4. The molecular weight excluding hydrogens is 1420 g/mol. The zero-order valence-electron chi connectivity index (χ0n) is 70.5.